The smallest absolute Gasteiger partial charge is 0.450 e. The summed E-state index contributed by atoms with van der Waals surface area (Å²) in [4.78, 5) is 25.2. The van der Waals surface area contributed by atoms with Gasteiger partial charge in [0.1, 0.15) is 17.1 Å². The van der Waals surface area contributed by atoms with Crippen LogP contribution < -0.4 is 20.2 Å². The van der Waals surface area contributed by atoms with Crippen LogP contribution in [-0.2, 0) is 11.0 Å². The van der Waals surface area contributed by atoms with Crippen LogP contribution in [0.1, 0.15) is 5.76 Å². The van der Waals surface area contributed by atoms with Crippen molar-refractivity contribution in [3.8, 4) is 22.6 Å². The molecule has 1 amide bonds. The molecule has 6 nitrogen and oxygen atoms in total. The van der Waals surface area contributed by atoms with Gasteiger partial charge in [0.15, 0.2) is 6.61 Å². The molecule has 0 aliphatic heterocycles. The quantitative estimate of drug-likeness (QED) is 0.341. The van der Waals surface area contributed by atoms with Crippen molar-refractivity contribution in [1.29, 1.82) is 0 Å². The summed E-state index contributed by atoms with van der Waals surface area (Å²) in [7, 11) is 1.52. The van der Waals surface area contributed by atoms with Crippen LogP contribution in [0, 0.1) is 0 Å². The number of nitrogens with one attached hydrogen (secondary N) is 1. The molecule has 0 unspecified atom stereocenters. The first-order valence-corrected chi connectivity index (χ1v) is 10.5. The molecule has 4 rings (SSSR count). The number of ether oxygens (including phenoxy) is 2. The van der Waals surface area contributed by atoms with Crippen LogP contribution in [0.25, 0.3) is 22.1 Å². The standard InChI is InChI=1S/C25H17ClF3NO5/c1-33-17-8-6-16(7-9-17)30-21(31)13-34-18-10-11-19-20(12-18)35-24(25(27,28)29)22(23(19)32)14-2-4-15(26)5-3-14/h2-12H,13H2,1H3,(H,30,31). The zero-order chi connectivity index (χ0) is 25.2. The van der Waals surface area contributed by atoms with Crippen molar-refractivity contribution >= 4 is 34.2 Å². The molecule has 0 radical (unpaired) electrons. The fourth-order valence-corrected chi connectivity index (χ4v) is 3.49. The van der Waals surface area contributed by atoms with Crippen LogP contribution in [0.3, 0.4) is 0 Å². The first kappa shape index (κ1) is 24.2. The third-order valence-electron chi connectivity index (χ3n) is 5.00. The van der Waals surface area contributed by atoms with E-state index in [1.165, 1.54) is 43.5 Å². The topological polar surface area (TPSA) is 77.8 Å². The highest BCUT2D eigenvalue weighted by atomic mass is 35.5. The molecule has 0 aliphatic rings. The monoisotopic (exact) mass is 503 g/mol. The van der Waals surface area contributed by atoms with Gasteiger partial charge < -0.3 is 19.2 Å². The molecule has 180 valence electrons. The molecular formula is C25H17ClF3NO5. The molecule has 0 atom stereocenters. The highest BCUT2D eigenvalue weighted by Gasteiger charge is 2.39. The molecule has 0 saturated carbocycles. The summed E-state index contributed by atoms with van der Waals surface area (Å²) in [5.74, 6) is -1.26. The van der Waals surface area contributed by atoms with Crippen LogP contribution in [0.2, 0.25) is 5.02 Å². The van der Waals surface area contributed by atoms with Gasteiger partial charge in [-0.1, -0.05) is 23.7 Å². The van der Waals surface area contributed by atoms with Crippen molar-refractivity contribution in [3.63, 3.8) is 0 Å². The number of carbonyl (C=O) groups is 1. The van der Waals surface area contributed by atoms with Crippen LogP contribution in [-0.4, -0.2) is 19.6 Å². The van der Waals surface area contributed by atoms with Crippen molar-refractivity contribution in [2.75, 3.05) is 19.0 Å². The van der Waals surface area contributed by atoms with Gasteiger partial charge in [0, 0.05) is 16.8 Å². The van der Waals surface area contributed by atoms with Crippen molar-refractivity contribution in [2.45, 2.75) is 6.18 Å². The molecule has 3 aromatic carbocycles. The predicted molar refractivity (Wildman–Crippen MR) is 125 cm³/mol. The highest BCUT2D eigenvalue weighted by molar-refractivity contribution is 6.30. The predicted octanol–water partition coefficient (Wildman–Crippen LogP) is 6.16. The molecule has 1 aromatic heterocycles. The number of methoxy groups -OCH3 is 1. The Morgan fingerprint density at radius 3 is 2.29 bits per heavy atom. The number of carbonyl (C=O) groups excluding carboxylic acids is 1. The van der Waals surface area contributed by atoms with E-state index in [0.717, 1.165) is 6.07 Å². The van der Waals surface area contributed by atoms with E-state index in [-0.39, 0.29) is 22.3 Å². The fraction of sp³-hybridized carbons (Fsp3) is 0.120. The molecule has 10 heteroatoms. The Hall–Kier alpha value is -3.98. The van der Waals surface area contributed by atoms with E-state index in [2.05, 4.69) is 5.32 Å². The summed E-state index contributed by atoms with van der Waals surface area (Å²) in [6.07, 6.45) is -4.93. The minimum absolute atomic E-state index is 0.0212. The summed E-state index contributed by atoms with van der Waals surface area (Å²) >= 11 is 5.82. The van der Waals surface area contributed by atoms with Gasteiger partial charge >= 0.3 is 6.18 Å². The molecule has 1 N–H and O–H groups in total. The van der Waals surface area contributed by atoms with Gasteiger partial charge in [0.25, 0.3) is 5.91 Å². The Bertz CT molecular complexity index is 1430. The van der Waals surface area contributed by atoms with E-state index in [1.807, 2.05) is 0 Å². The molecule has 4 aromatic rings. The van der Waals surface area contributed by atoms with Gasteiger partial charge in [-0.2, -0.15) is 13.2 Å². The maximum Gasteiger partial charge on any atom is 0.450 e. The second-order valence-electron chi connectivity index (χ2n) is 7.36. The summed E-state index contributed by atoms with van der Waals surface area (Å²) in [5, 5.41) is 2.86. The summed E-state index contributed by atoms with van der Waals surface area (Å²) in [6.45, 7) is -0.420. The first-order chi connectivity index (χ1) is 16.7. The average molecular weight is 504 g/mol. The zero-order valence-electron chi connectivity index (χ0n) is 18.1. The lowest BCUT2D eigenvalue weighted by atomic mass is 10.0. The number of rotatable bonds is 6. The molecule has 0 bridgehead atoms. The molecule has 0 aliphatic carbocycles. The summed E-state index contributed by atoms with van der Waals surface area (Å²) in [5.41, 5.74) is -1.27. The van der Waals surface area contributed by atoms with Crippen LogP contribution >= 0.6 is 11.6 Å². The van der Waals surface area contributed by atoms with Gasteiger partial charge in [-0.05, 0) is 54.1 Å². The summed E-state index contributed by atoms with van der Waals surface area (Å²) < 4.78 is 56.9. The number of halogens is 4. The number of alkyl halides is 3. The van der Waals surface area contributed by atoms with E-state index in [0.29, 0.717) is 16.5 Å². The third-order valence-corrected chi connectivity index (χ3v) is 5.25. The van der Waals surface area contributed by atoms with E-state index in [1.54, 1.807) is 24.3 Å². The molecule has 1 heterocycles. The number of hydrogen-bond donors (Lipinski definition) is 1. The second kappa shape index (κ2) is 9.71. The first-order valence-electron chi connectivity index (χ1n) is 10.2. The molecule has 0 fully saturated rings. The number of anilines is 1. The maximum atomic E-state index is 13.8. The van der Waals surface area contributed by atoms with Gasteiger partial charge in [-0.25, -0.2) is 0 Å². The Morgan fingerprint density at radius 1 is 1.00 bits per heavy atom. The molecular weight excluding hydrogens is 487 g/mol. The zero-order valence-corrected chi connectivity index (χ0v) is 18.9. The Labute approximate surface area is 201 Å². The minimum Gasteiger partial charge on any atom is -0.497 e. The van der Waals surface area contributed by atoms with Crippen molar-refractivity contribution in [1.82, 2.24) is 0 Å². The van der Waals surface area contributed by atoms with Crippen molar-refractivity contribution < 1.29 is 31.9 Å². The third kappa shape index (κ3) is 5.41. The fourth-order valence-electron chi connectivity index (χ4n) is 3.36. The van der Waals surface area contributed by atoms with Gasteiger partial charge in [0.05, 0.1) is 18.1 Å². The maximum absolute atomic E-state index is 13.8. The second-order valence-corrected chi connectivity index (χ2v) is 7.80. The lowest BCUT2D eigenvalue weighted by Crippen LogP contribution is -2.20. The number of fused-ring (bicyclic) bond motifs is 1. The van der Waals surface area contributed by atoms with Gasteiger partial charge in [-0.15, -0.1) is 0 Å². The largest absolute Gasteiger partial charge is 0.497 e. The Morgan fingerprint density at radius 2 is 1.66 bits per heavy atom. The van der Waals surface area contributed by atoms with Gasteiger partial charge in [-0.3, -0.25) is 9.59 Å². The lowest BCUT2D eigenvalue weighted by Gasteiger charge is -2.13. The van der Waals surface area contributed by atoms with E-state index < -0.39 is 35.4 Å². The summed E-state index contributed by atoms with van der Waals surface area (Å²) in [6, 6.07) is 15.8. The van der Waals surface area contributed by atoms with E-state index in [9.17, 15) is 22.8 Å². The highest BCUT2D eigenvalue weighted by Crippen LogP contribution is 2.38. The lowest BCUT2D eigenvalue weighted by molar-refractivity contribution is -0.152. The van der Waals surface area contributed by atoms with Crippen LogP contribution in [0.4, 0.5) is 18.9 Å². The Balaban J connectivity index is 1.61. The molecule has 35 heavy (non-hydrogen) atoms. The van der Waals surface area contributed by atoms with Crippen LogP contribution in [0.15, 0.2) is 75.9 Å². The number of benzene rings is 3. The van der Waals surface area contributed by atoms with E-state index >= 15 is 0 Å². The van der Waals surface area contributed by atoms with Gasteiger partial charge in [0.2, 0.25) is 11.2 Å². The number of hydrogen-bond acceptors (Lipinski definition) is 5. The average Bonchev–Trinajstić information content (AvgIpc) is 2.83. The normalized spacial score (nSPS) is 11.3. The Kier molecular flexibility index (Phi) is 6.70. The van der Waals surface area contributed by atoms with Crippen molar-refractivity contribution in [2.24, 2.45) is 0 Å². The number of amides is 1. The van der Waals surface area contributed by atoms with Crippen LogP contribution in [0.5, 0.6) is 11.5 Å². The molecule has 0 saturated heterocycles. The molecule has 0 spiro atoms. The van der Waals surface area contributed by atoms with Crippen molar-refractivity contribution in [3.05, 3.63) is 87.7 Å². The SMILES string of the molecule is COc1ccc(NC(=O)COc2ccc3c(=O)c(-c4ccc(Cl)cc4)c(C(F)(F)F)oc3c2)cc1. The van der Waals surface area contributed by atoms with E-state index in [4.69, 9.17) is 25.5 Å². The minimum atomic E-state index is -4.93.